The minimum atomic E-state index is -1.35. The summed E-state index contributed by atoms with van der Waals surface area (Å²) in [6.45, 7) is 0. The molecule has 2 atom stereocenters. The minimum Gasteiger partial charge on any atom is -0.298 e. The fourth-order valence-electron chi connectivity index (χ4n) is 2.41. The quantitative estimate of drug-likeness (QED) is 0.357. The van der Waals surface area contributed by atoms with E-state index in [1.807, 2.05) is 0 Å². The second-order valence-electron chi connectivity index (χ2n) is 4.70. The normalized spacial score (nSPS) is 22.3. The predicted molar refractivity (Wildman–Crippen MR) is 71.1 cm³/mol. The number of nitro groups is 1. The third-order valence-corrected chi connectivity index (χ3v) is 4.33. The molecule has 0 unspecified atom stereocenters. The van der Waals surface area contributed by atoms with Crippen molar-refractivity contribution in [1.29, 1.82) is 0 Å². The van der Waals surface area contributed by atoms with Gasteiger partial charge in [-0.3, -0.25) is 14.9 Å². The summed E-state index contributed by atoms with van der Waals surface area (Å²) >= 11 is 3.12. The highest BCUT2D eigenvalue weighted by molar-refractivity contribution is 9.11. The van der Waals surface area contributed by atoms with E-state index in [-0.39, 0.29) is 24.0 Å². The van der Waals surface area contributed by atoms with E-state index >= 15 is 0 Å². The molecule has 0 N–H and O–H groups in total. The SMILES string of the molecule is O=CC1=C(Br)C[C@H](c2cc(F)c(F)cc2F)[C@@H]([N+](=O)[O-])C1. The summed E-state index contributed by atoms with van der Waals surface area (Å²) in [6.07, 6.45) is 0.278. The summed E-state index contributed by atoms with van der Waals surface area (Å²) < 4.78 is 40.5. The number of aldehydes is 1. The van der Waals surface area contributed by atoms with Gasteiger partial charge >= 0.3 is 0 Å². The van der Waals surface area contributed by atoms with Gasteiger partial charge in [-0.15, -0.1) is 0 Å². The number of halogens is 4. The Morgan fingerprint density at radius 2 is 1.81 bits per heavy atom. The van der Waals surface area contributed by atoms with Gasteiger partial charge in [0, 0.05) is 33.0 Å². The Kier molecular flexibility index (Phi) is 4.46. The Balaban J connectivity index is 2.51. The number of carbonyl (C=O) groups excluding carboxylic acids is 1. The molecule has 0 amide bonds. The standard InChI is InChI=1S/C13H9BrF3NO3/c14-9-2-8(13(18(20)21)1-6(9)5-19)7-3-11(16)12(17)4-10(7)15/h3-5,8,13H,1-2H2/t8-,13+/m1/s1. The molecule has 4 nitrogen and oxygen atoms in total. The van der Waals surface area contributed by atoms with Gasteiger partial charge in [-0.1, -0.05) is 15.9 Å². The average molecular weight is 364 g/mol. The number of carbonyl (C=O) groups is 1. The van der Waals surface area contributed by atoms with Crippen LogP contribution in [0.5, 0.6) is 0 Å². The summed E-state index contributed by atoms with van der Waals surface area (Å²) in [5.74, 6) is -4.64. The molecular formula is C13H9BrF3NO3. The summed E-state index contributed by atoms with van der Waals surface area (Å²) in [4.78, 5) is 21.4. The van der Waals surface area contributed by atoms with Crippen LogP contribution < -0.4 is 0 Å². The molecule has 0 heterocycles. The van der Waals surface area contributed by atoms with Gasteiger partial charge in [-0.25, -0.2) is 13.2 Å². The molecule has 112 valence electrons. The molecule has 0 fully saturated rings. The average Bonchev–Trinajstić information content (AvgIpc) is 2.42. The molecule has 1 aliphatic carbocycles. The molecule has 0 bridgehead atoms. The smallest absolute Gasteiger partial charge is 0.224 e. The molecule has 0 saturated carbocycles. The van der Waals surface area contributed by atoms with E-state index in [0.717, 1.165) is 0 Å². The van der Waals surface area contributed by atoms with Crippen molar-refractivity contribution in [3.8, 4) is 0 Å². The largest absolute Gasteiger partial charge is 0.298 e. The zero-order valence-corrected chi connectivity index (χ0v) is 12.1. The molecule has 21 heavy (non-hydrogen) atoms. The first-order chi connectivity index (χ1) is 9.85. The molecule has 8 heteroatoms. The number of hydrogen-bond acceptors (Lipinski definition) is 3. The van der Waals surface area contributed by atoms with Gasteiger partial charge in [0.25, 0.3) is 0 Å². The van der Waals surface area contributed by atoms with E-state index in [2.05, 4.69) is 15.9 Å². The van der Waals surface area contributed by atoms with Gasteiger partial charge < -0.3 is 0 Å². The monoisotopic (exact) mass is 363 g/mol. The zero-order chi connectivity index (χ0) is 15.7. The van der Waals surface area contributed by atoms with Crippen molar-refractivity contribution in [3.05, 3.63) is 55.3 Å². The zero-order valence-electron chi connectivity index (χ0n) is 10.5. The highest BCUT2D eigenvalue weighted by Gasteiger charge is 2.40. The second kappa shape index (κ2) is 5.97. The fourth-order valence-corrected chi connectivity index (χ4v) is 3.02. The lowest BCUT2D eigenvalue weighted by atomic mass is 9.80. The first kappa shape index (κ1) is 15.7. The number of hydrogen-bond donors (Lipinski definition) is 0. The highest BCUT2D eigenvalue weighted by atomic mass is 79.9. The third-order valence-electron chi connectivity index (χ3n) is 3.49. The van der Waals surface area contributed by atoms with Gasteiger partial charge in [-0.05, 0) is 12.5 Å². The van der Waals surface area contributed by atoms with E-state index in [1.54, 1.807) is 0 Å². The van der Waals surface area contributed by atoms with E-state index in [4.69, 9.17) is 0 Å². The van der Waals surface area contributed by atoms with Gasteiger partial charge in [-0.2, -0.15) is 0 Å². The van der Waals surface area contributed by atoms with Crippen molar-refractivity contribution >= 4 is 22.2 Å². The van der Waals surface area contributed by atoms with Crippen molar-refractivity contribution in [3.63, 3.8) is 0 Å². The van der Waals surface area contributed by atoms with Crippen molar-refractivity contribution < 1.29 is 22.9 Å². The van der Waals surface area contributed by atoms with Crippen LogP contribution in [0, 0.1) is 27.6 Å². The van der Waals surface area contributed by atoms with Crippen LogP contribution in [0.2, 0.25) is 0 Å². The summed E-state index contributed by atoms with van der Waals surface area (Å²) in [7, 11) is 0. The predicted octanol–water partition coefficient (Wildman–Crippen LogP) is 3.47. The molecule has 0 radical (unpaired) electrons. The lowest BCUT2D eigenvalue weighted by molar-refractivity contribution is -0.526. The molecule has 0 saturated heterocycles. The van der Waals surface area contributed by atoms with Crippen LogP contribution in [-0.4, -0.2) is 17.3 Å². The van der Waals surface area contributed by atoms with Crippen molar-refractivity contribution in [2.24, 2.45) is 0 Å². The summed E-state index contributed by atoms with van der Waals surface area (Å²) in [6, 6.07) is -0.266. The Hall–Kier alpha value is -1.70. The topological polar surface area (TPSA) is 60.2 Å². The molecule has 2 rings (SSSR count). The van der Waals surface area contributed by atoms with Crippen LogP contribution in [0.25, 0.3) is 0 Å². The van der Waals surface area contributed by atoms with Crippen LogP contribution in [-0.2, 0) is 4.79 Å². The third kappa shape index (κ3) is 2.99. The van der Waals surface area contributed by atoms with Crippen LogP contribution >= 0.6 is 15.9 Å². The summed E-state index contributed by atoms with van der Waals surface area (Å²) in [5.41, 5.74) is -0.0477. The Bertz CT molecular complexity index is 648. The molecule has 0 spiro atoms. The van der Waals surface area contributed by atoms with Crippen molar-refractivity contribution in [2.45, 2.75) is 24.8 Å². The van der Waals surface area contributed by atoms with Crippen LogP contribution in [0.4, 0.5) is 13.2 Å². The van der Waals surface area contributed by atoms with Crippen molar-refractivity contribution in [2.75, 3.05) is 0 Å². The molecule has 0 aliphatic heterocycles. The molecule has 1 aliphatic rings. The molecule has 0 aromatic heterocycles. The molecule has 1 aromatic carbocycles. The minimum absolute atomic E-state index is 0.0261. The highest BCUT2D eigenvalue weighted by Crippen LogP contribution is 2.40. The maximum absolute atomic E-state index is 13.8. The fraction of sp³-hybridized carbons (Fsp3) is 0.308. The number of rotatable bonds is 3. The number of benzene rings is 1. The lowest BCUT2D eigenvalue weighted by Crippen LogP contribution is -2.32. The number of nitrogens with zero attached hydrogens (tertiary/aromatic N) is 1. The van der Waals surface area contributed by atoms with Gasteiger partial charge in [0.15, 0.2) is 11.6 Å². The second-order valence-corrected chi connectivity index (χ2v) is 5.66. The van der Waals surface area contributed by atoms with E-state index in [1.165, 1.54) is 0 Å². The Morgan fingerprint density at radius 3 is 2.38 bits per heavy atom. The first-order valence-electron chi connectivity index (χ1n) is 5.95. The summed E-state index contributed by atoms with van der Waals surface area (Å²) in [5, 5.41) is 11.1. The van der Waals surface area contributed by atoms with Crippen LogP contribution in [0.1, 0.15) is 24.3 Å². The van der Waals surface area contributed by atoms with Crippen LogP contribution in [0.3, 0.4) is 0 Å². The van der Waals surface area contributed by atoms with Crippen LogP contribution in [0.15, 0.2) is 22.2 Å². The Morgan fingerprint density at radius 1 is 1.19 bits per heavy atom. The number of allylic oxidation sites excluding steroid dienone is 1. The maximum Gasteiger partial charge on any atom is 0.224 e. The molecule has 1 aromatic rings. The van der Waals surface area contributed by atoms with Gasteiger partial charge in [0.1, 0.15) is 12.1 Å². The first-order valence-corrected chi connectivity index (χ1v) is 6.75. The maximum atomic E-state index is 13.8. The van der Waals surface area contributed by atoms with Gasteiger partial charge in [0.05, 0.1) is 5.92 Å². The van der Waals surface area contributed by atoms with E-state index in [0.29, 0.717) is 22.9 Å². The van der Waals surface area contributed by atoms with Crippen molar-refractivity contribution in [1.82, 2.24) is 0 Å². The van der Waals surface area contributed by atoms with E-state index in [9.17, 15) is 28.1 Å². The molecular weight excluding hydrogens is 355 g/mol. The Labute approximate surface area is 125 Å². The van der Waals surface area contributed by atoms with E-state index < -0.39 is 34.3 Å². The van der Waals surface area contributed by atoms with Gasteiger partial charge in [0.2, 0.25) is 6.04 Å². The lowest BCUT2D eigenvalue weighted by Gasteiger charge is -2.26.